The van der Waals surface area contributed by atoms with Crippen molar-refractivity contribution in [3.63, 3.8) is 0 Å². The van der Waals surface area contributed by atoms with Crippen LogP contribution in [-0.4, -0.2) is 27.1 Å². The zero-order chi connectivity index (χ0) is 22.5. The van der Waals surface area contributed by atoms with E-state index in [0.29, 0.717) is 35.1 Å². The van der Waals surface area contributed by atoms with Crippen LogP contribution in [0, 0.1) is 0 Å². The molecule has 4 rings (SSSR count). The Bertz CT molecular complexity index is 1280. The van der Waals surface area contributed by atoms with Crippen molar-refractivity contribution < 1.29 is 9.53 Å². The average Bonchev–Trinajstić information content (AvgIpc) is 3.23. The normalized spacial score (nSPS) is 10.8. The maximum Gasteiger partial charge on any atom is 0.275 e. The van der Waals surface area contributed by atoms with E-state index >= 15 is 0 Å². The van der Waals surface area contributed by atoms with E-state index in [1.807, 2.05) is 38.1 Å². The number of amides is 1. The second-order valence-corrected chi connectivity index (χ2v) is 8.01. The molecule has 164 valence electrons. The minimum absolute atomic E-state index is 0.191. The number of ether oxygens (including phenoxy) is 1. The van der Waals surface area contributed by atoms with E-state index in [-0.39, 0.29) is 11.5 Å². The zero-order valence-corrected chi connectivity index (χ0v) is 18.6. The van der Waals surface area contributed by atoms with Crippen LogP contribution in [0.3, 0.4) is 0 Å². The molecule has 0 aliphatic carbocycles. The van der Waals surface area contributed by atoms with Gasteiger partial charge in [-0.25, -0.2) is 4.98 Å². The van der Waals surface area contributed by atoms with Crippen LogP contribution >= 0.6 is 11.3 Å². The predicted octanol–water partition coefficient (Wildman–Crippen LogP) is 3.98. The zero-order valence-electron chi connectivity index (χ0n) is 17.8. The molecule has 0 unspecified atom stereocenters. The lowest BCUT2D eigenvalue weighted by Gasteiger charge is -2.09. The van der Waals surface area contributed by atoms with E-state index in [1.54, 1.807) is 24.3 Å². The van der Waals surface area contributed by atoms with Gasteiger partial charge in [0.15, 0.2) is 0 Å². The van der Waals surface area contributed by atoms with E-state index in [4.69, 9.17) is 4.74 Å². The molecule has 32 heavy (non-hydrogen) atoms. The molecule has 2 aromatic carbocycles. The minimum atomic E-state index is -0.197. The number of nitrogens with zero attached hydrogens (tertiary/aromatic N) is 3. The Hall–Kier alpha value is -3.72. The smallest absolute Gasteiger partial charge is 0.275 e. The van der Waals surface area contributed by atoms with E-state index in [2.05, 4.69) is 20.7 Å². The van der Waals surface area contributed by atoms with Crippen LogP contribution in [0.4, 0.5) is 11.4 Å². The molecule has 0 saturated carbocycles. The third kappa shape index (κ3) is 4.94. The second kappa shape index (κ2) is 9.61. The second-order valence-electron chi connectivity index (χ2n) is 6.97. The first-order valence-electron chi connectivity index (χ1n) is 10.3. The number of rotatable bonds is 8. The van der Waals surface area contributed by atoms with Crippen LogP contribution in [0.25, 0.3) is 4.96 Å². The molecule has 0 aliphatic rings. The van der Waals surface area contributed by atoms with Gasteiger partial charge in [-0.2, -0.15) is 9.61 Å². The van der Waals surface area contributed by atoms with E-state index in [9.17, 15) is 9.59 Å². The maximum atomic E-state index is 12.5. The first-order chi connectivity index (χ1) is 15.6. The third-order valence-corrected chi connectivity index (χ3v) is 5.74. The predicted molar refractivity (Wildman–Crippen MR) is 126 cm³/mol. The first kappa shape index (κ1) is 21.5. The van der Waals surface area contributed by atoms with Gasteiger partial charge in [0.25, 0.3) is 11.5 Å². The Morgan fingerprint density at radius 3 is 2.47 bits per heavy atom. The lowest BCUT2D eigenvalue weighted by atomic mass is 10.2. The fourth-order valence-corrected chi connectivity index (χ4v) is 3.92. The van der Waals surface area contributed by atoms with Gasteiger partial charge in [0.2, 0.25) is 4.96 Å². The standard InChI is InChI=1S/C23H23N5O3S/c1-3-20-27-28-21(29)13-18(26-23(28)32-20)14-24-16-7-5-15(6-8-16)22(30)25-17-9-11-19(12-10-17)31-4-2/h5-13,24H,3-4,14H2,1-2H3,(H,25,30). The number of aryl methyl sites for hydroxylation is 1. The highest BCUT2D eigenvalue weighted by atomic mass is 32.1. The SMILES string of the molecule is CCOc1ccc(NC(=O)c2ccc(NCc3cc(=O)n4nc(CC)sc4n3)cc2)cc1. The number of hydrogen-bond acceptors (Lipinski definition) is 7. The largest absolute Gasteiger partial charge is 0.494 e. The number of anilines is 2. The molecule has 1 amide bonds. The molecule has 0 spiro atoms. The van der Waals surface area contributed by atoms with E-state index < -0.39 is 0 Å². The molecule has 2 aromatic heterocycles. The quantitative estimate of drug-likeness (QED) is 0.422. The van der Waals surface area contributed by atoms with Crippen molar-refractivity contribution in [2.45, 2.75) is 26.8 Å². The topological polar surface area (TPSA) is 97.6 Å². The summed E-state index contributed by atoms with van der Waals surface area (Å²) in [7, 11) is 0. The summed E-state index contributed by atoms with van der Waals surface area (Å²) < 4.78 is 6.75. The van der Waals surface area contributed by atoms with Crippen molar-refractivity contribution in [1.82, 2.24) is 14.6 Å². The van der Waals surface area contributed by atoms with Crippen LogP contribution < -0.4 is 20.9 Å². The molecule has 2 N–H and O–H groups in total. The van der Waals surface area contributed by atoms with Crippen molar-refractivity contribution in [1.29, 1.82) is 0 Å². The van der Waals surface area contributed by atoms with Gasteiger partial charge in [-0.1, -0.05) is 18.3 Å². The molecule has 8 nitrogen and oxygen atoms in total. The number of carbonyl (C=O) groups excluding carboxylic acids is 1. The Kier molecular flexibility index (Phi) is 6.46. The molecule has 0 fully saturated rings. The van der Waals surface area contributed by atoms with Gasteiger partial charge in [-0.3, -0.25) is 9.59 Å². The van der Waals surface area contributed by atoms with Crippen molar-refractivity contribution in [3.05, 3.63) is 81.2 Å². The minimum Gasteiger partial charge on any atom is -0.494 e. The number of carbonyl (C=O) groups is 1. The number of fused-ring (bicyclic) bond motifs is 1. The molecule has 0 aliphatic heterocycles. The number of nitrogens with one attached hydrogen (secondary N) is 2. The number of hydrogen-bond donors (Lipinski definition) is 2. The summed E-state index contributed by atoms with van der Waals surface area (Å²) in [6.07, 6.45) is 0.763. The first-order valence-corrected chi connectivity index (χ1v) is 11.1. The average molecular weight is 450 g/mol. The third-order valence-electron chi connectivity index (χ3n) is 4.69. The van der Waals surface area contributed by atoms with Gasteiger partial charge in [0.1, 0.15) is 10.8 Å². The fourth-order valence-electron chi connectivity index (χ4n) is 3.07. The van der Waals surface area contributed by atoms with Gasteiger partial charge >= 0.3 is 0 Å². The van der Waals surface area contributed by atoms with Crippen LogP contribution in [-0.2, 0) is 13.0 Å². The molecular formula is C23H23N5O3S. The van der Waals surface area contributed by atoms with Crippen LogP contribution in [0.2, 0.25) is 0 Å². The van der Waals surface area contributed by atoms with Crippen LogP contribution in [0.1, 0.15) is 34.9 Å². The Morgan fingerprint density at radius 1 is 1.06 bits per heavy atom. The summed E-state index contributed by atoms with van der Waals surface area (Å²) in [4.78, 5) is 29.8. The van der Waals surface area contributed by atoms with Crippen LogP contribution in [0.15, 0.2) is 59.4 Å². The summed E-state index contributed by atoms with van der Waals surface area (Å²) in [5.41, 5.74) is 2.51. The summed E-state index contributed by atoms with van der Waals surface area (Å²) in [6.45, 7) is 4.90. The molecule has 0 bridgehead atoms. The maximum absolute atomic E-state index is 12.5. The van der Waals surface area contributed by atoms with Crippen LogP contribution in [0.5, 0.6) is 5.75 Å². The summed E-state index contributed by atoms with van der Waals surface area (Å²) in [5.74, 6) is 0.566. The Labute approximate surface area is 188 Å². The van der Waals surface area contributed by atoms with Gasteiger partial charge in [-0.05, 0) is 61.9 Å². The number of aromatic nitrogens is 3. The van der Waals surface area contributed by atoms with E-state index in [0.717, 1.165) is 22.9 Å². The van der Waals surface area contributed by atoms with Gasteiger partial charge in [0.05, 0.1) is 18.8 Å². The molecule has 2 heterocycles. The molecule has 0 radical (unpaired) electrons. The van der Waals surface area contributed by atoms with Gasteiger partial charge in [0, 0.05) is 23.0 Å². The number of benzene rings is 2. The van der Waals surface area contributed by atoms with Crippen molar-refractivity contribution in [3.8, 4) is 5.75 Å². The lowest BCUT2D eigenvalue weighted by molar-refractivity contribution is 0.102. The monoisotopic (exact) mass is 449 g/mol. The molecule has 9 heteroatoms. The van der Waals surface area contributed by atoms with Gasteiger partial charge in [-0.15, -0.1) is 0 Å². The highest BCUT2D eigenvalue weighted by molar-refractivity contribution is 7.16. The van der Waals surface area contributed by atoms with Gasteiger partial charge < -0.3 is 15.4 Å². The fraction of sp³-hybridized carbons (Fsp3) is 0.217. The summed E-state index contributed by atoms with van der Waals surface area (Å²) in [6, 6.07) is 15.9. The lowest BCUT2D eigenvalue weighted by Crippen LogP contribution is -2.17. The molecule has 0 saturated heterocycles. The summed E-state index contributed by atoms with van der Waals surface area (Å²) >= 11 is 1.42. The van der Waals surface area contributed by atoms with Crippen molar-refractivity contribution >= 4 is 33.6 Å². The highest BCUT2D eigenvalue weighted by Crippen LogP contribution is 2.18. The van der Waals surface area contributed by atoms with Crippen molar-refractivity contribution in [2.24, 2.45) is 0 Å². The Balaban J connectivity index is 1.37. The highest BCUT2D eigenvalue weighted by Gasteiger charge is 2.09. The molecule has 0 atom stereocenters. The Morgan fingerprint density at radius 2 is 1.78 bits per heavy atom. The summed E-state index contributed by atoms with van der Waals surface area (Å²) in [5, 5.41) is 11.2. The van der Waals surface area contributed by atoms with E-state index in [1.165, 1.54) is 21.9 Å². The molecular weight excluding hydrogens is 426 g/mol. The van der Waals surface area contributed by atoms with Crippen molar-refractivity contribution in [2.75, 3.05) is 17.2 Å². The molecule has 4 aromatic rings.